The van der Waals surface area contributed by atoms with Gasteiger partial charge in [0.2, 0.25) is 10.0 Å². The molecule has 1 rings (SSSR count). The summed E-state index contributed by atoms with van der Waals surface area (Å²) in [6.07, 6.45) is 0. The number of nitrogens with two attached hydrogens (primary N) is 1. The molecule has 0 heterocycles. The number of anilines is 1. The molecule has 106 valence electrons. The third-order valence-electron chi connectivity index (χ3n) is 2.26. The SMILES string of the molecule is CNS(=O)(=O)CCNC(=O)c1cc(N)cc(Cl)c1Cl. The Morgan fingerprint density at radius 2 is 2.00 bits per heavy atom. The predicted octanol–water partition coefficient (Wildman–Crippen LogP) is 0.855. The third kappa shape index (κ3) is 4.54. The molecule has 0 bridgehead atoms. The fraction of sp³-hybridized carbons (Fsp3) is 0.300. The van der Waals surface area contributed by atoms with Crippen LogP contribution < -0.4 is 15.8 Å². The van der Waals surface area contributed by atoms with E-state index in [9.17, 15) is 13.2 Å². The molecule has 0 saturated carbocycles. The van der Waals surface area contributed by atoms with Gasteiger partial charge in [-0.1, -0.05) is 23.2 Å². The lowest BCUT2D eigenvalue weighted by Crippen LogP contribution is -2.33. The number of hydrogen-bond acceptors (Lipinski definition) is 4. The van der Waals surface area contributed by atoms with E-state index < -0.39 is 15.9 Å². The molecule has 0 unspecified atom stereocenters. The molecule has 1 aromatic rings. The molecule has 0 fully saturated rings. The second-order valence-electron chi connectivity index (χ2n) is 3.64. The van der Waals surface area contributed by atoms with Gasteiger partial charge in [-0.3, -0.25) is 4.79 Å². The van der Waals surface area contributed by atoms with E-state index in [4.69, 9.17) is 28.9 Å². The zero-order chi connectivity index (χ0) is 14.6. The van der Waals surface area contributed by atoms with E-state index in [2.05, 4.69) is 10.0 Å². The molecule has 0 aliphatic rings. The van der Waals surface area contributed by atoms with E-state index in [0.717, 1.165) is 0 Å². The number of carbonyl (C=O) groups is 1. The van der Waals surface area contributed by atoms with E-state index in [0.29, 0.717) is 5.69 Å². The second kappa shape index (κ2) is 6.42. The highest BCUT2D eigenvalue weighted by Gasteiger charge is 2.15. The summed E-state index contributed by atoms with van der Waals surface area (Å²) in [6.45, 7) is -0.0508. The lowest BCUT2D eigenvalue weighted by molar-refractivity contribution is 0.0956. The minimum Gasteiger partial charge on any atom is -0.399 e. The van der Waals surface area contributed by atoms with Crippen LogP contribution in [0.15, 0.2) is 12.1 Å². The van der Waals surface area contributed by atoms with Crippen molar-refractivity contribution in [3.63, 3.8) is 0 Å². The number of sulfonamides is 1. The topological polar surface area (TPSA) is 101 Å². The van der Waals surface area contributed by atoms with Gasteiger partial charge in [0, 0.05) is 12.2 Å². The van der Waals surface area contributed by atoms with E-state index in [-0.39, 0.29) is 27.9 Å². The first-order chi connectivity index (χ1) is 8.76. The Hall–Kier alpha value is -1.02. The fourth-order valence-electron chi connectivity index (χ4n) is 1.27. The summed E-state index contributed by atoms with van der Waals surface area (Å²) in [6, 6.07) is 2.79. The van der Waals surface area contributed by atoms with Gasteiger partial charge in [0.1, 0.15) is 0 Å². The Bertz CT molecular complexity index is 590. The van der Waals surface area contributed by atoms with Crippen LogP contribution in [0.2, 0.25) is 10.0 Å². The fourth-order valence-corrected chi connectivity index (χ4v) is 2.27. The molecule has 9 heteroatoms. The number of rotatable bonds is 5. The average molecular weight is 326 g/mol. The molecule has 1 aromatic carbocycles. The molecule has 1 amide bonds. The maximum Gasteiger partial charge on any atom is 0.252 e. The van der Waals surface area contributed by atoms with Gasteiger partial charge in [-0.15, -0.1) is 0 Å². The monoisotopic (exact) mass is 325 g/mol. The molecule has 0 saturated heterocycles. The Morgan fingerprint density at radius 1 is 1.37 bits per heavy atom. The van der Waals surface area contributed by atoms with E-state index >= 15 is 0 Å². The molecule has 6 nitrogen and oxygen atoms in total. The quantitative estimate of drug-likeness (QED) is 0.698. The molecule has 0 radical (unpaired) electrons. The van der Waals surface area contributed by atoms with Crippen LogP contribution in [0, 0.1) is 0 Å². The largest absolute Gasteiger partial charge is 0.399 e. The maximum atomic E-state index is 11.8. The average Bonchev–Trinajstić information content (AvgIpc) is 2.33. The summed E-state index contributed by atoms with van der Waals surface area (Å²) in [7, 11) is -2.07. The maximum absolute atomic E-state index is 11.8. The molecule has 0 aliphatic heterocycles. The molecule has 19 heavy (non-hydrogen) atoms. The Kier molecular flexibility index (Phi) is 5.42. The van der Waals surface area contributed by atoms with Gasteiger partial charge in [0.25, 0.3) is 5.91 Å². The zero-order valence-corrected chi connectivity index (χ0v) is 12.4. The third-order valence-corrected chi connectivity index (χ3v) is 4.43. The van der Waals surface area contributed by atoms with Gasteiger partial charge in [-0.25, -0.2) is 13.1 Å². The summed E-state index contributed by atoms with van der Waals surface area (Å²) >= 11 is 11.7. The summed E-state index contributed by atoms with van der Waals surface area (Å²) in [5.41, 5.74) is 5.96. The van der Waals surface area contributed by atoms with Crippen LogP contribution >= 0.6 is 23.2 Å². The van der Waals surface area contributed by atoms with Crippen molar-refractivity contribution in [3.8, 4) is 0 Å². The van der Waals surface area contributed by atoms with Crippen molar-refractivity contribution in [2.45, 2.75) is 0 Å². The molecule has 0 aromatic heterocycles. The van der Waals surface area contributed by atoms with Crippen LogP contribution in [-0.4, -0.2) is 33.7 Å². The van der Waals surface area contributed by atoms with Crippen LogP contribution in [0.4, 0.5) is 5.69 Å². The van der Waals surface area contributed by atoms with Gasteiger partial charge >= 0.3 is 0 Å². The number of hydrogen-bond donors (Lipinski definition) is 3. The molecular weight excluding hydrogens is 313 g/mol. The van der Waals surface area contributed by atoms with Gasteiger partial charge in [0.15, 0.2) is 0 Å². The summed E-state index contributed by atoms with van der Waals surface area (Å²) in [5.74, 6) is -0.770. The van der Waals surface area contributed by atoms with Crippen molar-refractivity contribution in [2.24, 2.45) is 0 Å². The smallest absolute Gasteiger partial charge is 0.252 e. The normalized spacial score (nSPS) is 11.3. The number of carbonyl (C=O) groups excluding carboxylic acids is 1. The number of amides is 1. The Balaban J connectivity index is 2.75. The number of benzene rings is 1. The van der Waals surface area contributed by atoms with Crippen molar-refractivity contribution in [2.75, 3.05) is 25.1 Å². The molecule has 0 spiro atoms. The molecule has 0 atom stereocenters. The lowest BCUT2D eigenvalue weighted by atomic mass is 10.2. The van der Waals surface area contributed by atoms with Crippen molar-refractivity contribution in [3.05, 3.63) is 27.7 Å². The predicted molar refractivity (Wildman–Crippen MR) is 76.1 cm³/mol. The molecule has 4 N–H and O–H groups in total. The highest BCUT2D eigenvalue weighted by atomic mass is 35.5. The molecule has 0 aliphatic carbocycles. The minimum absolute atomic E-state index is 0.0508. The van der Waals surface area contributed by atoms with Gasteiger partial charge < -0.3 is 11.1 Å². The first kappa shape index (κ1) is 16.0. The highest BCUT2D eigenvalue weighted by molar-refractivity contribution is 7.89. The van der Waals surface area contributed by atoms with E-state index in [1.807, 2.05) is 0 Å². The van der Waals surface area contributed by atoms with Crippen molar-refractivity contribution >= 4 is 44.8 Å². The van der Waals surface area contributed by atoms with Gasteiger partial charge in [-0.05, 0) is 19.2 Å². The van der Waals surface area contributed by atoms with Gasteiger partial charge in [0.05, 0.1) is 21.4 Å². The summed E-state index contributed by atoms with van der Waals surface area (Å²) in [4.78, 5) is 11.8. The van der Waals surface area contributed by atoms with Crippen molar-refractivity contribution in [1.29, 1.82) is 0 Å². The number of nitrogens with one attached hydrogen (secondary N) is 2. The van der Waals surface area contributed by atoms with Crippen LogP contribution in [0.1, 0.15) is 10.4 Å². The number of nitrogen functional groups attached to an aromatic ring is 1. The lowest BCUT2D eigenvalue weighted by Gasteiger charge is -2.09. The summed E-state index contributed by atoms with van der Waals surface area (Å²) in [5, 5.41) is 2.66. The van der Waals surface area contributed by atoms with Gasteiger partial charge in [-0.2, -0.15) is 0 Å². The van der Waals surface area contributed by atoms with Crippen LogP contribution in [-0.2, 0) is 10.0 Å². The van der Waals surface area contributed by atoms with Crippen molar-refractivity contribution in [1.82, 2.24) is 10.0 Å². The standard InChI is InChI=1S/C10H13Cl2N3O3S/c1-14-19(17,18)3-2-15-10(16)7-4-6(13)5-8(11)9(7)12/h4-5,14H,2-3,13H2,1H3,(H,15,16). The van der Waals surface area contributed by atoms with Crippen LogP contribution in [0.3, 0.4) is 0 Å². The first-order valence-electron chi connectivity index (χ1n) is 5.21. The van der Waals surface area contributed by atoms with E-state index in [1.165, 1.54) is 19.2 Å². The van der Waals surface area contributed by atoms with Crippen LogP contribution in [0.25, 0.3) is 0 Å². The minimum atomic E-state index is -3.37. The Labute approximate surface area is 121 Å². The summed E-state index contributed by atoms with van der Waals surface area (Å²) < 4.78 is 24.5. The van der Waals surface area contributed by atoms with Crippen molar-refractivity contribution < 1.29 is 13.2 Å². The number of halogens is 2. The zero-order valence-electron chi connectivity index (χ0n) is 10.0. The Morgan fingerprint density at radius 3 is 2.58 bits per heavy atom. The second-order valence-corrected chi connectivity index (χ2v) is 6.47. The van der Waals surface area contributed by atoms with Crippen LogP contribution in [0.5, 0.6) is 0 Å². The highest BCUT2D eigenvalue weighted by Crippen LogP contribution is 2.28. The van der Waals surface area contributed by atoms with E-state index in [1.54, 1.807) is 0 Å². The first-order valence-corrected chi connectivity index (χ1v) is 7.61. The molecular formula is C10H13Cl2N3O3S.